The highest BCUT2D eigenvalue weighted by Gasteiger charge is 2.21. The van der Waals surface area contributed by atoms with E-state index in [1.54, 1.807) is 44.7 Å². The van der Waals surface area contributed by atoms with Crippen LogP contribution in [0.4, 0.5) is 33.4 Å². The van der Waals surface area contributed by atoms with Crippen LogP contribution in [0.1, 0.15) is 56.0 Å². The summed E-state index contributed by atoms with van der Waals surface area (Å²) in [5.41, 5.74) is 3.96. The summed E-state index contributed by atoms with van der Waals surface area (Å²) >= 11 is 1.45. The number of piperidine rings is 1. The second kappa shape index (κ2) is 18.3. The molecule has 1 aromatic heterocycles. The molecule has 0 unspecified atom stereocenters. The average molecular weight is 778 g/mol. The first-order valence-corrected chi connectivity index (χ1v) is 20.0. The van der Waals surface area contributed by atoms with Crippen molar-refractivity contribution in [3.63, 3.8) is 0 Å². The van der Waals surface area contributed by atoms with Crippen molar-refractivity contribution < 1.29 is 23.8 Å². The molecule has 5 N–H and O–H groups in total. The molecular weight excluding hydrogens is 727 g/mol. The highest BCUT2D eigenvalue weighted by atomic mass is 32.2. The highest BCUT2D eigenvalue weighted by Crippen LogP contribution is 2.40. The van der Waals surface area contributed by atoms with Crippen molar-refractivity contribution in [1.82, 2.24) is 15.2 Å². The van der Waals surface area contributed by atoms with Gasteiger partial charge in [0.2, 0.25) is 0 Å². The molecule has 1 aliphatic rings. The second-order valence-electron chi connectivity index (χ2n) is 14.6. The SMILES string of the molecule is COc1cc(Nc2cc(Oc3ccc(NC(=O)Nc4cc(C(C)(C)C)cc(NSC)c4OC)c4ccccc34)ccn2)cc(C(=O)NCCN2CCCCC2)c1. The number of carbonyl (C=O) groups excluding carboxylic acids is 2. The molecule has 0 bridgehead atoms. The minimum Gasteiger partial charge on any atom is -0.497 e. The maximum atomic E-state index is 13.5. The van der Waals surface area contributed by atoms with Gasteiger partial charge in [-0.3, -0.25) is 4.79 Å². The molecule has 0 spiro atoms. The van der Waals surface area contributed by atoms with Crippen LogP contribution in [0.25, 0.3) is 10.8 Å². The summed E-state index contributed by atoms with van der Waals surface area (Å²) < 4.78 is 20.9. The van der Waals surface area contributed by atoms with Gasteiger partial charge >= 0.3 is 6.03 Å². The van der Waals surface area contributed by atoms with Crippen LogP contribution in [-0.2, 0) is 5.41 Å². The molecule has 5 aromatic rings. The minimum atomic E-state index is -0.413. The molecule has 2 heterocycles. The van der Waals surface area contributed by atoms with Crippen LogP contribution in [0, 0.1) is 0 Å². The minimum absolute atomic E-state index is 0.158. The molecule has 0 atom stereocenters. The Hall–Kier alpha value is -5.66. The third kappa shape index (κ3) is 10.1. The molecule has 0 saturated carbocycles. The standard InChI is InChI=1S/C43H51N7O5S/c1-43(2,3)29-24-36(40(54-5)37(25-29)49-56-6)48-42(52)47-35-14-15-38(34-13-9-8-12-33(34)35)55-31-16-17-44-39(27-31)46-30-22-28(23-32(26-30)53-4)41(51)45-18-21-50-19-10-7-11-20-50/h8-9,12-17,22-27,49H,7,10-11,18-21H2,1-6H3,(H,44,46)(H,45,51)(H2,47,48,52). The molecule has 1 aliphatic heterocycles. The van der Waals surface area contributed by atoms with Crippen molar-refractivity contribution in [2.75, 3.05) is 67.3 Å². The Labute approximate surface area is 333 Å². The molecule has 1 fully saturated rings. The van der Waals surface area contributed by atoms with Gasteiger partial charge in [-0.15, -0.1) is 0 Å². The van der Waals surface area contributed by atoms with E-state index in [9.17, 15) is 9.59 Å². The predicted octanol–water partition coefficient (Wildman–Crippen LogP) is 9.63. The number of urea groups is 1. The molecule has 294 valence electrons. The number of carbonyl (C=O) groups is 2. The van der Waals surface area contributed by atoms with Gasteiger partial charge in [-0.05, 0) is 79.4 Å². The zero-order valence-electron chi connectivity index (χ0n) is 32.9. The van der Waals surface area contributed by atoms with Crippen LogP contribution in [0.2, 0.25) is 0 Å². The Morgan fingerprint density at radius 2 is 1.57 bits per heavy atom. The molecule has 1 saturated heterocycles. The molecule has 3 amide bonds. The van der Waals surface area contributed by atoms with Gasteiger partial charge in [0.25, 0.3) is 5.91 Å². The molecule has 4 aromatic carbocycles. The molecule has 13 heteroatoms. The van der Waals surface area contributed by atoms with E-state index < -0.39 is 6.03 Å². The van der Waals surface area contributed by atoms with E-state index in [1.807, 2.05) is 60.9 Å². The lowest BCUT2D eigenvalue weighted by Crippen LogP contribution is -2.37. The number of likely N-dealkylation sites (tertiary alicyclic amines) is 1. The number of hydrogen-bond acceptors (Lipinski definition) is 10. The number of nitrogens with zero attached hydrogens (tertiary/aromatic N) is 2. The van der Waals surface area contributed by atoms with E-state index >= 15 is 0 Å². The maximum Gasteiger partial charge on any atom is 0.323 e. The number of aromatic nitrogens is 1. The van der Waals surface area contributed by atoms with Crippen LogP contribution in [0.5, 0.6) is 23.0 Å². The lowest BCUT2D eigenvalue weighted by molar-refractivity contribution is 0.0946. The summed E-state index contributed by atoms with van der Waals surface area (Å²) in [7, 11) is 3.16. The first-order valence-electron chi connectivity index (χ1n) is 18.8. The van der Waals surface area contributed by atoms with Crippen molar-refractivity contribution in [1.29, 1.82) is 0 Å². The number of anilines is 5. The summed E-state index contributed by atoms with van der Waals surface area (Å²) in [4.78, 5) is 33.5. The fraction of sp³-hybridized carbons (Fsp3) is 0.326. The van der Waals surface area contributed by atoms with E-state index in [-0.39, 0.29) is 11.3 Å². The van der Waals surface area contributed by atoms with Crippen LogP contribution in [0.15, 0.2) is 85.1 Å². The Balaban J connectivity index is 1.16. The van der Waals surface area contributed by atoms with Crippen LogP contribution in [0.3, 0.4) is 0 Å². The third-order valence-corrected chi connectivity index (χ3v) is 9.97. The maximum absolute atomic E-state index is 13.5. The monoisotopic (exact) mass is 777 g/mol. The Morgan fingerprint density at radius 1 is 0.821 bits per heavy atom. The Kier molecular flexibility index (Phi) is 13.1. The van der Waals surface area contributed by atoms with E-state index in [1.165, 1.54) is 31.2 Å². The smallest absolute Gasteiger partial charge is 0.323 e. The van der Waals surface area contributed by atoms with Crippen molar-refractivity contribution in [3.8, 4) is 23.0 Å². The summed E-state index contributed by atoms with van der Waals surface area (Å²) in [6, 6.07) is 23.8. The first kappa shape index (κ1) is 40.0. The molecule has 0 aliphatic carbocycles. The van der Waals surface area contributed by atoms with E-state index in [4.69, 9.17) is 14.2 Å². The van der Waals surface area contributed by atoms with Gasteiger partial charge in [0.05, 0.1) is 31.3 Å². The molecule has 56 heavy (non-hydrogen) atoms. The van der Waals surface area contributed by atoms with Gasteiger partial charge in [-0.2, -0.15) is 0 Å². The van der Waals surface area contributed by atoms with Crippen LogP contribution in [-0.4, -0.2) is 68.5 Å². The van der Waals surface area contributed by atoms with Crippen molar-refractivity contribution >= 4 is 63.2 Å². The number of ether oxygens (including phenoxy) is 3. The lowest BCUT2D eigenvalue weighted by Gasteiger charge is -2.26. The summed E-state index contributed by atoms with van der Waals surface area (Å²) in [6.07, 6.45) is 7.28. The van der Waals surface area contributed by atoms with Gasteiger partial charge < -0.3 is 45.1 Å². The summed E-state index contributed by atoms with van der Waals surface area (Å²) in [5.74, 6) is 2.59. The van der Waals surface area contributed by atoms with E-state index in [0.717, 1.165) is 41.7 Å². The third-order valence-electron chi connectivity index (χ3n) is 9.55. The molecule has 6 rings (SSSR count). The number of rotatable bonds is 14. The molecule has 0 radical (unpaired) electrons. The fourth-order valence-electron chi connectivity index (χ4n) is 6.66. The normalized spacial score (nSPS) is 13.1. The predicted molar refractivity (Wildman–Crippen MR) is 229 cm³/mol. The number of benzene rings is 4. The zero-order valence-corrected chi connectivity index (χ0v) is 33.7. The number of hydrogen-bond donors (Lipinski definition) is 5. The van der Waals surface area contributed by atoms with Crippen molar-refractivity contribution in [3.05, 3.63) is 96.2 Å². The number of pyridine rings is 1. The van der Waals surface area contributed by atoms with Crippen molar-refractivity contribution in [2.24, 2.45) is 0 Å². The van der Waals surface area contributed by atoms with Crippen molar-refractivity contribution in [2.45, 2.75) is 45.4 Å². The van der Waals surface area contributed by atoms with Gasteiger partial charge in [0.1, 0.15) is 23.1 Å². The number of methoxy groups -OCH3 is 2. The molecular formula is C43H51N7O5S. The molecule has 12 nitrogen and oxygen atoms in total. The quantitative estimate of drug-likeness (QED) is 0.0693. The Morgan fingerprint density at radius 3 is 2.30 bits per heavy atom. The zero-order chi connectivity index (χ0) is 39.7. The first-order chi connectivity index (χ1) is 27.0. The van der Waals surface area contributed by atoms with Gasteiger partial charge in [-0.1, -0.05) is 63.4 Å². The Bertz CT molecular complexity index is 2170. The van der Waals surface area contributed by atoms with Gasteiger partial charge in [0.15, 0.2) is 5.75 Å². The van der Waals surface area contributed by atoms with Gasteiger partial charge in [0, 0.05) is 59.7 Å². The van der Waals surface area contributed by atoms with E-state index in [2.05, 4.69) is 56.6 Å². The number of nitrogens with one attached hydrogen (secondary N) is 5. The number of fused-ring (bicyclic) bond motifs is 1. The highest BCUT2D eigenvalue weighted by molar-refractivity contribution is 7.99. The average Bonchev–Trinajstić information content (AvgIpc) is 3.19. The summed E-state index contributed by atoms with van der Waals surface area (Å²) in [5, 5.41) is 14.0. The van der Waals surface area contributed by atoms with Crippen LogP contribution >= 0.6 is 11.9 Å². The topological polar surface area (TPSA) is 138 Å². The largest absolute Gasteiger partial charge is 0.497 e. The van der Waals surface area contributed by atoms with Crippen LogP contribution < -0.4 is 40.2 Å². The second-order valence-corrected chi connectivity index (χ2v) is 15.2. The lowest BCUT2D eigenvalue weighted by atomic mass is 9.86. The van der Waals surface area contributed by atoms with Gasteiger partial charge in [-0.25, -0.2) is 9.78 Å². The summed E-state index contributed by atoms with van der Waals surface area (Å²) in [6.45, 7) is 9.94. The fourth-order valence-corrected chi connectivity index (χ4v) is 7.03. The number of amides is 3. The van der Waals surface area contributed by atoms with E-state index in [0.29, 0.717) is 58.0 Å².